The van der Waals surface area contributed by atoms with Crippen molar-refractivity contribution in [1.82, 2.24) is 0 Å². The molecule has 1 fully saturated rings. The summed E-state index contributed by atoms with van der Waals surface area (Å²) in [7, 11) is 0. The molecule has 2 bridgehead atoms. The topological polar surface area (TPSA) is 85.7 Å². The third-order valence-corrected chi connectivity index (χ3v) is 7.81. The lowest BCUT2D eigenvalue weighted by atomic mass is 10.0. The predicted octanol–water partition coefficient (Wildman–Crippen LogP) is 8.99. The summed E-state index contributed by atoms with van der Waals surface area (Å²) < 4.78 is 23.7. The summed E-state index contributed by atoms with van der Waals surface area (Å²) >= 11 is 0. The van der Waals surface area contributed by atoms with Crippen LogP contribution in [0.1, 0.15) is 102 Å². The Morgan fingerprint density at radius 2 is 1.52 bits per heavy atom. The first-order valence-corrected chi connectivity index (χ1v) is 15.6. The fraction of sp³-hybridized carbons (Fsp3) is 0.697. The van der Waals surface area contributed by atoms with Crippen LogP contribution in [0.25, 0.3) is 10.4 Å². The molecular weight excluding hydrogens is 502 g/mol. The molecule has 2 aliphatic rings. The highest BCUT2D eigenvalue weighted by Gasteiger charge is 2.46. The van der Waals surface area contributed by atoms with Crippen molar-refractivity contribution in [3.63, 3.8) is 0 Å². The van der Waals surface area contributed by atoms with Crippen LogP contribution in [-0.4, -0.2) is 43.9 Å². The molecule has 2 aliphatic heterocycles. The van der Waals surface area contributed by atoms with E-state index in [0.29, 0.717) is 26.4 Å². The van der Waals surface area contributed by atoms with E-state index >= 15 is 0 Å². The summed E-state index contributed by atoms with van der Waals surface area (Å²) in [6, 6.07) is 9.72. The number of rotatable bonds is 24. The minimum absolute atomic E-state index is 0.0128. The van der Waals surface area contributed by atoms with Crippen molar-refractivity contribution in [2.75, 3.05) is 19.8 Å². The maximum absolute atomic E-state index is 8.80. The Labute approximate surface area is 241 Å². The van der Waals surface area contributed by atoms with Gasteiger partial charge in [-0.1, -0.05) is 124 Å². The van der Waals surface area contributed by atoms with Crippen LogP contribution in [0.3, 0.4) is 0 Å². The monoisotopic (exact) mass is 553 g/mol. The molecule has 7 nitrogen and oxygen atoms in total. The van der Waals surface area contributed by atoms with Gasteiger partial charge in [0.15, 0.2) is 5.79 Å². The van der Waals surface area contributed by atoms with Crippen LogP contribution in [0.4, 0.5) is 0 Å². The fourth-order valence-electron chi connectivity index (χ4n) is 5.52. The molecule has 0 amide bonds. The van der Waals surface area contributed by atoms with Gasteiger partial charge in [0.2, 0.25) is 0 Å². The highest BCUT2D eigenvalue weighted by molar-refractivity contribution is 5.13. The van der Waals surface area contributed by atoms with Crippen molar-refractivity contribution >= 4 is 0 Å². The summed E-state index contributed by atoms with van der Waals surface area (Å²) in [5.74, 6) is -0.389. The zero-order valence-corrected chi connectivity index (χ0v) is 24.5. The molecule has 0 unspecified atom stereocenters. The quantitative estimate of drug-likeness (QED) is 0.0420. The highest BCUT2D eigenvalue weighted by atomic mass is 16.8. The molecule has 7 heteroatoms. The second-order valence-corrected chi connectivity index (χ2v) is 11.2. The molecule has 1 aromatic carbocycles. The van der Waals surface area contributed by atoms with Gasteiger partial charge in [-0.3, -0.25) is 0 Å². The minimum Gasteiger partial charge on any atom is -0.381 e. The average molecular weight is 554 g/mol. The first-order chi connectivity index (χ1) is 19.7. The summed E-state index contributed by atoms with van der Waals surface area (Å²) in [4.78, 5) is 2.93. The van der Waals surface area contributed by atoms with Crippen molar-refractivity contribution in [2.45, 2.75) is 127 Å². The Hall–Kier alpha value is -2.15. The number of nitrogens with zero attached hydrogens (tertiary/aromatic N) is 3. The van der Waals surface area contributed by atoms with Gasteiger partial charge < -0.3 is 18.9 Å². The van der Waals surface area contributed by atoms with Crippen LogP contribution in [0.15, 0.2) is 60.3 Å². The molecule has 1 saturated heterocycles. The lowest BCUT2D eigenvalue weighted by molar-refractivity contribution is -0.175. The average Bonchev–Trinajstić information content (AvgIpc) is 3.23. The van der Waals surface area contributed by atoms with Crippen LogP contribution >= 0.6 is 0 Å². The van der Waals surface area contributed by atoms with Gasteiger partial charge in [-0.25, -0.2) is 0 Å². The first-order valence-electron chi connectivity index (χ1n) is 15.6. The van der Waals surface area contributed by atoms with Gasteiger partial charge in [0.1, 0.15) is 12.2 Å². The van der Waals surface area contributed by atoms with E-state index in [1.165, 1.54) is 77.0 Å². The lowest BCUT2D eigenvalue weighted by Crippen LogP contribution is -2.32. The molecule has 1 aromatic rings. The molecule has 3 rings (SSSR count). The number of unbranched alkanes of at least 4 members (excludes halogenated alkanes) is 12. The molecule has 0 N–H and O–H groups in total. The van der Waals surface area contributed by atoms with Crippen molar-refractivity contribution in [1.29, 1.82) is 0 Å². The Bertz CT molecular complexity index is 889. The summed E-state index contributed by atoms with van der Waals surface area (Å²) in [6.45, 7) is 5.89. The first kappa shape index (κ1) is 32.4. The second kappa shape index (κ2) is 19.8. The SMILES string of the molecule is C=C[C@H]1O[C@]2(CCCCCCCCCCCCCCCOC[C@@H](COCc3ccccc3)N=[N+]=[N-])CC=C[C@H]1O2. The Kier molecular flexibility index (Phi) is 16.1. The number of hydrogen-bond donors (Lipinski definition) is 0. The van der Waals surface area contributed by atoms with E-state index in [1.807, 2.05) is 36.4 Å². The van der Waals surface area contributed by atoms with Gasteiger partial charge >= 0.3 is 0 Å². The number of azide groups is 1. The number of hydrogen-bond acceptors (Lipinski definition) is 5. The van der Waals surface area contributed by atoms with Gasteiger partial charge in [0.25, 0.3) is 0 Å². The minimum atomic E-state index is -0.389. The maximum atomic E-state index is 8.80. The van der Waals surface area contributed by atoms with E-state index in [2.05, 4.69) is 28.8 Å². The molecule has 222 valence electrons. The third-order valence-electron chi connectivity index (χ3n) is 7.81. The normalized spacial score (nSPS) is 22.2. The Balaban J connectivity index is 1.04. The van der Waals surface area contributed by atoms with E-state index in [-0.39, 0.29) is 24.0 Å². The molecule has 0 radical (unpaired) electrons. The summed E-state index contributed by atoms with van der Waals surface area (Å²) in [5.41, 5.74) is 9.90. The summed E-state index contributed by atoms with van der Waals surface area (Å²) in [5, 5.41) is 3.81. The third kappa shape index (κ3) is 12.6. The van der Waals surface area contributed by atoms with Crippen LogP contribution in [-0.2, 0) is 25.6 Å². The molecular formula is C33H51N3O4. The number of benzene rings is 1. The smallest absolute Gasteiger partial charge is 0.173 e. The standard InChI is InChI=1S/C33H51N3O4/c1-2-31-32-22-19-24-33(39-31,40-32)23-17-12-10-8-6-4-3-5-7-9-11-13-18-25-37-27-30(35-36-34)28-38-26-29-20-15-14-16-21-29/h2,14-16,19-22,30-32H,1,3-13,17-18,23-28H2/t30-,31+,32+,33-/m0/s1. The molecule has 40 heavy (non-hydrogen) atoms. The van der Waals surface area contributed by atoms with Crippen LogP contribution in [0.2, 0.25) is 0 Å². The van der Waals surface area contributed by atoms with Gasteiger partial charge in [0.05, 0.1) is 25.9 Å². The van der Waals surface area contributed by atoms with E-state index in [4.69, 9.17) is 24.5 Å². The Morgan fingerprint density at radius 1 is 0.900 bits per heavy atom. The molecule has 2 heterocycles. The van der Waals surface area contributed by atoms with Crippen LogP contribution < -0.4 is 0 Å². The zero-order chi connectivity index (χ0) is 28.1. The van der Waals surface area contributed by atoms with E-state index in [1.54, 1.807) is 0 Å². The Morgan fingerprint density at radius 3 is 2.17 bits per heavy atom. The predicted molar refractivity (Wildman–Crippen MR) is 161 cm³/mol. The van der Waals surface area contributed by atoms with E-state index in [0.717, 1.165) is 24.8 Å². The van der Waals surface area contributed by atoms with Crippen LogP contribution in [0.5, 0.6) is 0 Å². The molecule has 0 spiro atoms. The second-order valence-electron chi connectivity index (χ2n) is 11.2. The highest BCUT2D eigenvalue weighted by Crippen LogP contribution is 2.40. The number of fused-ring (bicyclic) bond motifs is 2. The van der Waals surface area contributed by atoms with Crippen molar-refractivity contribution in [3.05, 3.63) is 71.1 Å². The zero-order valence-electron chi connectivity index (χ0n) is 24.5. The largest absolute Gasteiger partial charge is 0.381 e. The van der Waals surface area contributed by atoms with E-state index < -0.39 is 0 Å². The fourth-order valence-corrected chi connectivity index (χ4v) is 5.52. The maximum Gasteiger partial charge on any atom is 0.173 e. The summed E-state index contributed by atoms with van der Waals surface area (Å²) in [6.07, 6.45) is 24.8. The molecule has 4 atom stereocenters. The van der Waals surface area contributed by atoms with Gasteiger partial charge in [-0.15, -0.1) is 6.58 Å². The lowest BCUT2D eigenvalue weighted by Gasteiger charge is -2.28. The van der Waals surface area contributed by atoms with Crippen molar-refractivity contribution in [3.8, 4) is 0 Å². The van der Waals surface area contributed by atoms with Crippen LogP contribution in [0, 0.1) is 0 Å². The van der Waals surface area contributed by atoms with Crippen molar-refractivity contribution in [2.24, 2.45) is 5.11 Å². The van der Waals surface area contributed by atoms with Gasteiger partial charge in [0, 0.05) is 24.4 Å². The molecule has 0 aliphatic carbocycles. The van der Waals surface area contributed by atoms with Gasteiger partial charge in [-0.2, -0.15) is 0 Å². The number of ether oxygens (including phenoxy) is 4. The van der Waals surface area contributed by atoms with E-state index in [9.17, 15) is 0 Å². The molecule has 0 saturated carbocycles. The van der Waals surface area contributed by atoms with Gasteiger partial charge in [-0.05, 0) is 23.9 Å². The molecule has 0 aromatic heterocycles. The van der Waals surface area contributed by atoms with Crippen molar-refractivity contribution < 1.29 is 18.9 Å².